The Balaban J connectivity index is 1.97. The van der Waals surface area contributed by atoms with E-state index in [0.29, 0.717) is 0 Å². The van der Waals surface area contributed by atoms with Crippen molar-refractivity contribution in [1.29, 1.82) is 0 Å². The number of amides is 1. The summed E-state index contributed by atoms with van der Waals surface area (Å²) in [5.41, 5.74) is 6.85. The highest BCUT2D eigenvalue weighted by Crippen LogP contribution is 2.11. The smallest absolute Gasteiger partial charge is 0.237 e. The summed E-state index contributed by atoms with van der Waals surface area (Å²) in [5.74, 6) is -0.0223. The van der Waals surface area contributed by atoms with E-state index in [1.807, 2.05) is 18.2 Å². The van der Waals surface area contributed by atoms with Crippen LogP contribution in [-0.2, 0) is 11.2 Å². The van der Waals surface area contributed by atoms with Crippen molar-refractivity contribution in [2.24, 2.45) is 5.73 Å². The summed E-state index contributed by atoms with van der Waals surface area (Å²) in [6.07, 6.45) is 1.62. The molecule has 3 nitrogen and oxygen atoms in total. The Bertz CT molecular complexity index is 323. The zero-order chi connectivity index (χ0) is 9.97. The lowest BCUT2D eigenvalue weighted by molar-refractivity contribution is -0.120. The van der Waals surface area contributed by atoms with Crippen LogP contribution in [0.1, 0.15) is 12.0 Å². The average molecular weight is 190 g/mol. The van der Waals surface area contributed by atoms with Gasteiger partial charge in [0.15, 0.2) is 0 Å². The Labute approximate surface area is 83.3 Å². The zero-order valence-corrected chi connectivity index (χ0v) is 7.94. The zero-order valence-electron chi connectivity index (χ0n) is 7.94. The largest absolute Gasteiger partial charge is 0.352 e. The van der Waals surface area contributed by atoms with Gasteiger partial charge in [-0.25, -0.2) is 0 Å². The van der Waals surface area contributed by atoms with Gasteiger partial charge in [0.1, 0.15) is 0 Å². The molecule has 1 saturated heterocycles. The first-order valence-corrected chi connectivity index (χ1v) is 4.85. The number of carbonyl (C=O) groups is 1. The van der Waals surface area contributed by atoms with Gasteiger partial charge in [0.25, 0.3) is 0 Å². The van der Waals surface area contributed by atoms with Gasteiger partial charge in [-0.15, -0.1) is 0 Å². The normalized spacial score (nSPS) is 26.2. The molecule has 0 bridgehead atoms. The molecule has 1 heterocycles. The monoisotopic (exact) mass is 190 g/mol. The molecule has 1 fully saturated rings. The van der Waals surface area contributed by atoms with Crippen LogP contribution in [0.2, 0.25) is 0 Å². The van der Waals surface area contributed by atoms with E-state index in [2.05, 4.69) is 17.4 Å². The molecule has 0 spiro atoms. The SMILES string of the molecule is NC1CC(Cc2ccccc2)NC1=O. The minimum atomic E-state index is -0.316. The molecule has 2 unspecified atom stereocenters. The van der Waals surface area contributed by atoms with Crippen LogP contribution < -0.4 is 11.1 Å². The van der Waals surface area contributed by atoms with Gasteiger partial charge in [0, 0.05) is 6.04 Å². The molecule has 1 aromatic carbocycles. The van der Waals surface area contributed by atoms with E-state index in [9.17, 15) is 4.79 Å². The molecule has 2 rings (SSSR count). The molecule has 0 radical (unpaired) electrons. The summed E-state index contributed by atoms with van der Waals surface area (Å²) in [4.78, 5) is 11.1. The third kappa shape index (κ3) is 1.93. The average Bonchev–Trinajstić information content (AvgIpc) is 2.47. The molecule has 0 saturated carbocycles. The van der Waals surface area contributed by atoms with Crippen molar-refractivity contribution in [2.75, 3.05) is 0 Å². The summed E-state index contributed by atoms with van der Waals surface area (Å²) in [7, 11) is 0. The first kappa shape index (κ1) is 9.21. The Morgan fingerprint density at radius 1 is 1.36 bits per heavy atom. The van der Waals surface area contributed by atoms with Crippen LogP contribution in [0.5, 0.6) is 0 Å². The fraction of sp³-hybridized carbons (Fsp3) is 0.364. The molecule has 1 aliphatic rings. The number of carbonyl (C=O) groups excluding carboxylic acids is 1. The molecule has 74 valence electrons. The van der Waals surface area contributed by atoms with Crippen LogP contribution in [-0.4, -0.2) is 18.0 Å². The molecular weight excluding hydrogens is 176 g/mol. The van der Waals surface area contributed by atoms with Gasteiger partial charge in [-0.05, 0) is 18.4 Å². The van der Waals surface area contributed by atoms with Gasteiger partial charge >= 0.3 is 0 Å². The molecule has 0 aliphatic carbocycles. The first-order valence-electron chi connectivity index (χ1n) is 4.85. The van der Waals surface area contributed by atoms with Crippen molar-refractivity contribution in [3.63, 3.8) is 0 Å². The number of hydrogen-bond acceptors (Lipinski definition) is 2. The van der Waals surface area contributed by atoms with Crippen LogP contribution in [0.4, 0.5) is 0 Å². The minimum absolute atomic E-state index is 0.0223. The molecule has 1 amide bonds. The fourth-order valence-electron chi connectivity index (χ4n) is 1.81. The molecule has 1 aromatic rings. The van der Waals surface area contributed by atoms with Crippen molar-refractivity contribution < 1.29 is 4.79 Å². The maximum absolute atomic E-state index is 11.1. The van der Waals surface area contributed by atoms with Crippen LogP contribution in [0.3, 0.4) is 0 Å². The Morgan fingerprint density at radius 3 is 2.64 bits per heavy atom. The molecule has 3 heteroatoms. The number of nitrogens with two attached hydrogens (primary N) is 1. The quantitative estimate of drug-likeness (QED) is 0.711. The summed E-state index contributed by atoms with van der Waals surface area (Å²) >= 11 is 0. The number of nitrogens with one attached hydrogen (secondary N) is 1. The molecule has 2 atom stereocenters. The van der Waals surface area contributed by atoms with E-state index < -0.39 is 0 Å². The molecular formula is C11H14N2O. The third-order valence-corrected chi connectivity index (χ3v) is 2.55. The van der Waals surface area contributed by atoms with Crippen molar-refractivity contribution >= 4 is 5.91 Å². The van der Waals surface area contributed by atoms with Gasteiger partial charge in [-0.1, -0.05) is 30.3 Å². The number of benzene rings is 1. The van der Waals surface area contributed by atoms with Crippen molar-refractivity contribution in [1.82, 2.24) is 5.32 Å². The van der Waals surface area contributed by atoms with E-state index in [4.69, 9.17) is 5.73 Å². The lowest BCUT2D eigenvalue weighted by atomic mass is 10.0. The first-order chi connectivity index (χ1) is 6.75. The van der Waals surface area contributed by atoms with Crippen LogP contribution in [0.15, 0.2) is 30.3 Å². The summed E-state index contributed by atoms with van der Waals surface area (Å²) in [5, 5.41) is 2.89. The summed E-state index contributed by atoms with van der Waals surface area (Å²) in [6, 6.07) is 10.0. The van der Waals surface area contributed by atoms with Gasteiger partial charge in [0.2, 0.25) is 5.91 Å². The number of hydrogen-bond donors (Lipinski definition) is 2. The standard InChI is InChI=1S/C11H14N2O/c12-10-7-9(13-11(10)14)6-8-4-2-1-3-5-8/h1-5,9-10H,6-7,12H2,(H,13,14). The maximum atomic E-state index is 11.1. The maximum Gasteiger partial charge on any atom is 0.237 e. The van der Waals surface area contributed by atoms with E-state index in [1.165, 1.54) is 5.56 Å². The molecule has 14 heavy (non-hydrogen) atoms. The third-order valence-electron chi connectivity index (χ3n) is 2.55. The second-order valence-electron chi connectivity index (χ2n) is 3.74. The molecule has 3 N–H and O–H groups in total. The predicted octanol–water partition coefficient (Wildman–Crippen LogP) is 0.445. The van der Waals surface area contributed by atoms with Gasteiger partial charge in [-0.2, -0.15) is 0 Å². The predicted molar refractivity (Wildman–Crippen MR) is 54.7 cm³/mol. The summed E-state index contributed by atoms with van der Waals surface area (Å²) < 4.78 is 0. The van der Waals surface area contributed by atoms with Crippen molar-refractivity contribution in [2.45, 2.75) is 24.9 Å². The Morgan fingerprint density at radius 2 is 2.07 bits per heavy atom. The lowest BCUT2D eigenvalue weighted by Crippen LogP contribution is -2.31. The van der Waals surface area contributed by atoms with Crippen LogP contribution in [0.25, 0.3) is 0 Å². The lowest BCUT2D eigenvalue weighted by Gasteiger charge is -2.08. The number of rotatable bonds is 2. The van der Waals surface area contributed by atoms with E-state index in [0.717, 1.165) is 12.8 Å². The van der Waals surface area contributed by atoms with Crippen molar-refractivity contribution in [3.05, 3.63) is 35.9 Å². The van der Waals surface area contributed by atoms with E-state index >= 15 is 0 Å². The summed E-state index contributed by atoms with van der Waals surface area (Å²) in [6.45, 7) is 0. The van der Waals surface area contributed by atoms with Gasteiger partial charge in [0.05, 0.1) is 6.04 Å². The van der Waals surface area contributed by atoms with Crippen molar-refractivity contribution in [3.8, 4) is 0 Å². The van der Waals surface area contributed by atoms with Gasteiger partial charge in [-0.3, -0.25) is 4.79 Å². The van der Waals surface area contributed by atoms with Crippen LogP contribution >= 0.6 is 0 Å². The van der Waals surface area contributed by atoms with Crippen LogP contribution in [0, 0.1) is 0 Å². The highest BCUT2D eigenvalue weighted by Gasteiger charge is 2.28. The highest BCUT2D eigenvalue weighted by molar-refractivity contribution is 5.84. The molecule has 1 aliphatic heterocycles. The Hall–Kier alpha value is -1.35. The van der Waals surface area contributed by atoms with Gasteiger partial charge < -0.3 is 11.1 Å². The fourth-order valence-corrected chi connectivity index (χ4v) is 1.81. The minimum Gasteiger partial charge on any atom is -0.352 e. The van der Waals surface area contributed by atoms with E-state index in [-0.39, 0.29) is 18.0 Å². The topological polar surface area (TPSA) is 55.1 Å². The highest BCUT2D eigenvalue weighted by atomic mass is 16.2. The second kappa shape index (κ2) is 3.80. The molecule has 0 aromatic heterocycles. The Kier molecular flexibility index (Phi) is 2.50. The van der Waals surface area contributed by atoms with E-state index in [1.54, 1.807) is 0 Å². The second-order valence-corrected chi connectivity index (χ2v) is 3.74.